The van der Waals surface area contributed by atoms with Crippen molar-refractivity contribution in [3.63, 3.8) is 0 Å². The maximum atomic E-state index is 12.4. The third kappa shape index (κ3) is 5.67. The number of amides is 1. The normalized spacial score (nSPS) is 11.9. The highest BCUT2D eigenvalue weighted by Crippen LogP contribution is 2.28. The number of methoxy groups -OCH3 is 1. The number of alkyl halides is 2. The molecule has 2 rings (SSSR count). The number of carbonyl (C=O) groups is 1. The average molecular weight is 429 g/mol. The van der Waals surface area contributed by atoms with Crippen LogP contribution in [-0.2, 0) is 4.79 Å². The van der Waals surface area contributed by atoms with Gasteiger partial charge in [0, 0.05) is 6.04 Å². The predicted octanol–water partition coefficient (Wildman–Crippen LogP) is 4.35. The lowest BCUT2D eigenvalue weighted by atomic mass is 10.1. The van der Waals surface area contributed by atoms with Crippen LogP contribution in [0.3, 0.4) is 0 Å². The molecule has 2 aromatic carbocycles. The third-order valence-corrected chi connectivity index (χ3v) is 4.24. The van der Waals surface area contributed by atoms with Crippen molar-refractivity contribution in [3.05, 3.63) is 52.5 Å². The van der Waals surface area contributed by atoms with Crippen LogP contribution in [0.15, 0.2) is 46.9 Å². The van der Waals surface area contributed by atoms with Crippen LogP contribution in [0.2, 0.25) is 0 Å². The van der Waals surface area contributed by atoms with Gasteiger partial charge in [-0.25, -0.2) is 0 Å². The number of hydrogen-bond donors (Lipinski definition) is 2. The zero-order valence-corrected chi connectivity index (χ0v) is 15.8. The van der Waals surface area contributed by atoms with Crippen LogP contribution < -0.4 is 20.1 Å². The molecule has 0 bridgehead atoms. The van der Waals surface area contributed by atoms with Gasteiger partial charge in [0.1, 0.15) is 11.5 Å². The molecule has 0 aromatic heterocycles. The summed E-state index contributed by atoms with van der Waals surface area (Å²) in [5.41, 5.74) is 1.16. The molecule has 0 heterocycles. The Morgan fingerprint density at radius 2 is 1.92 bits per heavy atom. The third-order valence-electron chi connectivity index (χ3n) is 3.62. The molecule has 5 nitrogen and oxygen atoms in total. The smallest absolute Gasteiger partial charge is 0.387 e. The average Bonchev–Trinajstić information content (AvgIpc) is 2.61. The second-order valence-corrected chi connectivity index (χ2v) is 6.27. The molecule has 2 aromatic rings. The molecule has 0 aliphatic heterocycles. The lowest BCUT2D eigenvalue weighted by molar-refractivity contribution is -0.115. The lowest BCUT2D eigenvalue weighted by Crippen LogP contribution is -2.30. The number of anilines is 1. The fourth-order valence-corrected chi connectivity index (χ4v) is 2.84. The molecule has 1 amide bonds. The fourth-order valence-electron chi connectivity index (χ4n) is 2.28. The van der Waals surface area contributed by atoms with E-state index in [1.807, 2.05) is 25.1 Å². The van der Waals surface area contributed by atoms with Gasteiger partial charge in [-0.1, -0.05) is 18.2 Å². The predicted molar refractivity (Wildman–Crippen MR) is 98.8 cm³/mol. The van der Waals surface area contributed by atoms with Crippen molar-refractivity contribution in [2.75, 3.05) is 19.0 Å². The Bertz CT molecular complexity index is 759. The van der Waals surface area contributed by atoms with E-state index in [-0.39, 0.29) is 29.9 Å². The molecule has 1 unspecified atom stereocenters. The zero-order chi connectivity index (χ0) is 19.1. The van der Waals surface area contributed by atoms with E-state index in [4.69, 9.17) is 4.74 Å². The number of ether oxygens (including phenoxy) is 2. The van der Waals surface area contributed by atoms with Crippen molar-refractivity contribution in [3.8, 4) is 11.5 Å². The Labute approximate surface area is 158 Å². The van der Waals surface area contributed by atoms with E-state index in [0.29, 0.717) is 5.75 Å². The van der Waals surface area contributed by atoms with Crippen LogP contribution in [0.4, 0.5) is 14.5 Å². The maximum absolute atomic E-state index is 12.4. The van der Waals surface area contributed by atoms with Crippen molar-refractivity contribution in [1.29, 1.82) is 0 Å². The van der Waals surface area contributed by atoms with Gasteiger partial charge in [0.15, 0.2) is 0 Å². The van der Waals surface area contributed by atoms with Crippen LogP contribution in [0.5, 0.6) is 11.5 Å². The molecule has 26 heavy (non-hydrogen) atoms. The molecule has 8 heteroatoms. The summed E-state index contributed by atoms with van der Waals surface area (Å²) < 4.78 is 35.2. The Morgan fingerprint density at radius 1 is 1.19 bits per heavy atom. The topological polar surface area (TPSA) is 59.6 Å². The van der Waals surface area contributed by atoms with Crippen molar-refractivity contribution >= 4 is 27.5 Å². The fraction of sp³-hybridized carbons (Fsp3) is 0.278. The van der Waals surface area contributed by atoms with Gasteiger partial charge in [0.25, 0.3) is 0 Å². The Balaban J connectivity index is 1.93. The van der Waals surface area contributed by atoms with Crippen LogP contribution in [0.1, 0.15) is 18.5 Å². The minimum absolute atomic E-state index is 0.00777. The first-order valence-corrected chi connectivity index (χ1v) is 8.60. The van der Waals surface area contributed by atoms with Gasteiger partial charge < -0.3 is 20.1 Å². The molecule has 0 saturated heterocycles. The molecule has 140 valence electrons. The second-order valence-electron chi connectivity index (χ2n) is 5.42. The van der Waals surface area contributed by atoms with Crippen molar-refractivity contribution in [2.24, 2.45) is 0 Å². The number of halogens is 3. The Kier molecular flexibility index (Phi) is 7.35. The molecule has 0 fully saturated rings. The molecule has 0 aliphatic carbocycles. The Morgan fingerprint density at radius 3 is 2.58 bits per heavy atom. The highest BCUT2D eigenvalue weighted by Gasteiger charge is 2.13. The van der Waals surface area contributed by atoms with E-state index >= 15 is 0 Å². The number of benzene rings is 2. The minimum atomic E-state index is -2.96. The monoisotopic (exact) mass is 428 g/mol. The quantitative estimate of drug-likeness (QED) is 0.655. The van der Waals surface area contributed by atoms with Crippen LogP contribution in [-0.4, -0.2) is 26.2 Å². The number of para-hydroxylation sites is 2. The molecule has 0 spiro atoms. The zero-order valence-electron chi connectivity index (χ0n) is 14.3. The van der Waals surface area contributed by atoms with Gasteiger partial charge in [0.05, 0.1) is 23.8 Å². The van der Waals surface area contributed by atoms with E-state index in [1.165, 1.54) is 12.1 Å². The summed E-state index contributed by atoms with van der Waals surface area (Å²) in [6.07, 6.45) is 0. The lowest BCUT2D eigenvalue weighted by Gasteiger charge is -2.16. The highest BCUT2D eigenvalue weighted by atomic mass is 79.9. The SMILES string of the molecule is COc1ccc(C(C)NCC(=O)Nc2ccccc2OC(F)F)cc1Br. The van der Waals surface area contributed by atoms with E-state index in [2.05, 4.69) is 31.3 Å². The summed E-state index contributed by atoms with van der Waals surface area (Å²) in [5, 5.41) is 5.64. The van der Waals surface area contributed by atoms with E-state index in [0.717, 1.165) is 10.0 Å². The molecule has 0 saturated carbocycles. The summed E-state index contributed by atoms with van der Waals surface area (Å²) >= 11 is 3.42. The van der Waals surface area contributed by atoms with Gasteiger partial charge in [-0.15, -0.1) is 0 Å². The first kappa shape index (κ1) is 20.1. The summed E-state index contributed by atoms with van der Waals surface area (Å²) in [6.45, 7) is -1.04. The van der Waals surface area contributed by atoms with Crippen molar-refractivity contribution in [1.82, 2.24) is 5.32 Å². The first-order valence-electron chi connectivity index (χ1n) is 7.81. The van der Waals surface area contributed by atoms with Gasteiger partial charge in [-0.05, 0) is 52.7 Å². The van der Waals surface area contributed by atoms with Crippen molar-refractivity contribution in [2.45, 2.75) is 19.6 Å². The summed E-state index contributed by atoms with van der Waals surface area (Å²) in [5.74, 6) is 0.270. The first-order chi connectivity index (χ1) is 12.4. The number of carbonyl (C=O) groups excluding carboxylic acids is 1. The Hall–Kier alpha value is -2.19. The van der Waals surface area contributed by atoms with E-state index < -0.39 is 6.61 Å². The summed E-state index contributed by atoms with van der Waals surface area (Å²) in [7, 11) is 1.58. The molecular formula is C18H19BrF2N2O3. The van der Waals surface area contributed by atoms with Gasteiger partial charge in [0.2, 0.25) is 5.91 Å². The van der Waals surface area contributed by atoms with Gasteiger partial charge in [-0.3, -0.25) is 4.79 Å². The maximum Gasteiger partial charge on any atom is 0.387 e. The van der Waals surface area contributed by atoms with Crippen LogP contribution in [0.25, 0.3) is 0 Å². The summed E-state index contributed by atoms with van der Waals surface area (Å²) in [4.78, 5) is 12.1. The molecule has 0 aliphatic rings. The van der Waals surface area contributed by atoms with Crippen LogP contribution in [0, 0.1) is 0 Å². The van der Waals surface area contributed by atoms with E-state index in [9.17, 15) is 13.6 Å². The highest BCUT2D eigenvalue weighted by molar-refractivity contribution is 9.10. The summed E-state index contributed by atoms with van der Waals surface area (Å²) in [6, 6.07) is 11.6. The standard InChI is InChI=1S/C18H19BrF2N2O3/c1-11(12-7-8-15(25-2)13(19)9-12)22-10-17(24)23-14-5-3-4-6-16(14)26-18(20)21/h3-9,11,18,22H,10H2,1-2H3,(H,23,24). The molecule has 1 atom stereocenters. The van der Waals surface area contributed by atoms with E-state index in [1.54, 1.807) is 19.2 Å². The van der Waals surface area contributed by atoms with Crippen molar-refractivity contribution < 1.29 is 23.0 Å². The molecule has 2 N–H and O–H groups in total. The second kappa shape index (κ2) is 9.49. The number of nitrogens with one attached hydrogen (secondary N) is 2. The molecular weight excluding hydrogens is 410 g/mol. The van der Waals surface area contributed by atoms with Gasteiger partial charge >= 0.3 is 6.61 Å². The number of rotatable bonds is 8. The number of hydrogen-bond acceptors (Lipinski definition) is 4. The van der Waals surface area contributed by atoms with Crippen LogP contribution >= 0.6 is 15.9 Å². The minimum Gasteiger partial charge on any atom is -0.496 e. The largest absolute Gasteiger partial charge is 0.496 e. The molecule has 0 radical (unpaired) electrons. The van der Waals surface area contributed by atoms with Gasteiger partial charge in [-0.2, -0.15) is 8.78 Å².